The van der Waals surface area contributed by atoms with Gasteiger partial charge in [0, 0.05) is 11.8 Å². The first-order valence-electron chi connectivity index (χ1n) is 7.02. The molecule has 0 radical (unpaired) electrons. The highest BCUT2D eigenvalue weighted by Crippen LogP contribution is 2.17. The number of ether oxygens (including phenoxy) is 1. The van der Waals surface area contributed by atoms with Gasteiger partial charge in [-0.05, 0) is 42.7 Å². The molecule has 0 saturated heterocycles. The number of hydrazine groups is 1. The van der Waals surface area contributed by atoms with Gasteiger partial charge in [0.25, 0.3) is 11.8 Å². The molecule has 0 saturated carbocycles. The van der Waals surface area contributed by atoms with Crippen LogP contribution in [0.2, 0.25) is 0 Å². The number of halogens is 1. The molecule has 1 aromatic carbocycles. The number of rotatable bonds is 5. The highest BCUT2D eigenvalue weighted by atomic mass is 32.2. The summed E-state index contributed by atoms with van der Waals surface area (Å²) in [7, 11) is 0. The minimum Gasteiger partial charge on any atom is -0.452 e. The predicted octanol–water partition coefficient (Wildman–Crippen LogP) is 1.56. The fourth-order valence-electron chi connectivity index (χ4n) is 1.75. The molecule has 0 aliphatic rings. The summed E-state index contributed by atoms with van der Waals surface area (Å²) in [6, 6.07) is 7.90. The number of thioether (sulfide) groups is 1. The summed E-state index contributed by atoms with van der Waals surface area (Å²) in [5, 5.41) is 0.484. The Morgan fingerprint density at radius 2 is 1.88 bits per heavy atom. The molecular formula is C16H14FN3O4S. The van der Waals surface area contributed by atoms with Crippen molar-refractivity contribution in [3.05, 3.63) is 59.5 Å². The molecule has 0 aliphatic heterocycles. The van der Waals surface area contributed by atoms with E-state index in [1.807, 2.05) is 0 Å². The van der Waals surface area contributed by atoms with Gasteiger partial charge >= 0.3 is 5.97 Å². The topological polar surface area (TPSA) is 97.4 Å². The number of carbonyl (C=O) groups is 3. The molecule has 2 rings (SSSR count). The minimum atomic E-state index is -0.724. The van der Waals surface area contributed by atoms with Gasteiger partial charge in [0.2, 0.25) is 0 Å². The molecule has 25 heavy (non-hydrogen) atoms. The maximum absolute atomic E-state index is 12.8. The number of nitrogens with zero attached hydrogens (tertiary/aromatic N) is 1. The zero-order valence-corrected chi connectivity index (χ0v) is 13.9. The molecule has 0 unspecified atom stereocenters. The van der Waals surface area contributed by atoms with Crippen molar-refractivity contribution >= 4 is 29.5 Å². The van der Waals surface area contributed by atoms with Gasteiger partial charge in [-0.15, -0.1) is 11.8 Å². The second kappa shape index (κ2) is 8.78. The first-order chi connectivity index (χ1) is 12.0. The lowest BCUT2D eigenvalue weighted by molar-refractivity contribution is -0.125. The Labute approximate surface area is 146 Å². The zero-order chi connectivity index (χ0) is 18.2. The van der Waals surface area contributed by atoms with Crippen LogP contribution in [-0.2, 0) is 9.53 Å². The molecule has 2 N–H and O–H groups in total. The summed E-state index contributed by atoms with van der Waals surface area (Å²) in [6.45, 7) is -0.578. The van der Waals surface area contributed by atoms with Crippen LogP contribution in [0.1, 0.15) is 20.7 Å². The van der Waals surface area contributed by atoms with Crippen LogP contribution in [0.25, 0.3) is 0 Å². The van der Waals surface area contributed by atoms with Crippen LogP contribution in [0.15, 0.2) is 47.6 Å². The van der Waals surface area contributed by atoms with E-state index in [0.717, 1.165) is 12.1 Å². The number of benzene rings is 1. The van der Waals surface area contributed by atoms with E-state index in [-0.39, 0.29) is 11.1 Å². The molecule has 2 aromatic rings. The van der Waals surface area contributed by atoms with Crippen molar-refractivity contribution in [2.45, 2.75) is 5.03 Å². The lowest BCUT2D eigenvalue weighted by Gasteiger charge is -2.09. The van der Waals surface area contributed by atoms with E-state index >= 15 is 0 Å². The van der Waals surface area contributed by atoms with Crippen molar-refractivity contribution in [2.24, 2.45) is 0 Å². The first-order valence-corrected chi connectivity index (χ1v) is 8.24. The average Bonchev–Trinajstić information content (AvgIpc) is 2.64. The zero-order valence-electron chi connectivity index (χ0n) is 13.1. The quantitative estimate of drug-likeness (QED) is 0.475. The van der Waals surface area contributed by atoms with Crippen LogP contribution < -0.4 is 10.9 Å². The molecule has 0 spiro atoms. The highest BCUT2D eigenvalue weighted by Gasteiger charge is 2.15. The molecule has 0 bridgehead atoms. The van der Waals surface area contributed by atoms with Gasteiger partial charge in [-0.3, -0.25) is 20.4 Å². The number of pyridine rings is 1. The van der Waals surface area contributed by atoms with E-state index in [9.17, 15) is 18.8 Å². The fraction of sp³-hybridized carbons (Fsp3) is 0.125. The standard InChI is InChI=1S/C16H14FN3O4S/c1-25-15-12(3-2-8-18-15)16(23)24-9-13(21)19-20-14(22)10-4-6-11(17)7-5-10/h2-8H,9H2,1H3,(H,19,21)(H,20,22). The second-order valence-electron chi connectivity index (χ2n) is 4.65. The molecule has 0 atom stereocenters. The number of nitrogens with one attached hydrogen (secondary N) is 2. The van der Waals surface area contributed by atoms with E-state index in [0.29, 0.717) is 5.03 Å². The van der Waals surface area contributed by atoms with Crippen molar-refractivity contribution < 1.29 is 23.5 Å². The third-order valence-corrected chi connectivity index (χ3v) is 3.65. The maximum Gasteiger partial charge on any atom is 0.341 e. The van der Waals surface area contributed by atoms with E-state index < -0.39 is 30.2 Å². The molecular weight excluding hydrogens is 349 g/mol. The van der Waals surface area contributed by atoms with Crippen molar-refractivity contribution in [1.82, 2.24) is 15.8 Å². The molecule has 1 heterocycles. The number of aromatic nitrogens is 1. The largest absolute Gasteiger partial charge is 0.452 e. The molecule has 2 amide bonds. The van der Waals surface area contributed by atoms with E-state index in [4.69, 9.17) is 4.74 Å². The molecule has 0 aliphatic carbocycles. The average molecular weight is 363 g/mol. The summed E-state index contributed by atoms with van der Waals surface area (Å²) in [4.78, 5) is 39.3. The first kappa shape index (κ1) is 18.4. The molecule has 130 valence electrons. The van der Waals surface area contributed by atoms with Crippen molar-refractivity contribution in [2.75, 3.05) is 12.9 Å². The summed E-state index contributed by atoms with van der Waals surface area (Å²) < 4.78 is 17.7. The summed E-state index contributed by atoms with van der Waals surface area (Å²) in [6.07, 6.45) is 3.30. The summed E-state index contributed by atoms with van der Waals surface area (Å²) in [5.74, 6) is -2.53. The molecule has 1 aromatic heterocycles. The van der Waals surface area contributed by atoms with Gasteiger partial charge in [-0.25, -0.2) is 14.2 Å². The van der Waals surface area contributed by atoms with Crippen LogP contribution in [-0.4, -0.2) is 35.6 Å². The molecule has 0 fully saturated rings. The lowest BCUT2D eigenvalue weighted by Crippen LogP contribution is -2.43. The number of hydrogen-bond acceptors (Lipinski definition) is 6. The Kier molecular flexibility index (Phi) is 6.47. The SMILES string of the molecule is CSc1ncccc1C(=O)OCC(=O)NNC(=O)c1ccc(F)cc1. The van der Waals surface area contributed by atoms with E-state index in [1.165, 1.54) is 30.0 Å². The van der Waals surface area contributed by atoms with Gasteiger partial charge < -0.3 is 4.74 Å². The Morgan fingerprint density at radius 3 is 2.56 bits per heavy atom. The van der Waals surface area contributed by atoms with Crippen LogP contribution in [0.5, 0.6) is 0 Å². The number of esters is 1. The monoisotopic (exact) mass is 363 g/mol. The second-order valence-corrected chi connectivity index (χ2v) is 5.44. The van der Waals surface area contributed by atoms with E-state index in [1.54, 1.807) is 18.5 Å². The number of carbonyl (C=O) groups excluding carboxylic acids is 3. The number of hydrogen-bond donors (Lipinski definition) is 2. The summed E-state index contributed by atoms with van der Waals surface area (Å²) in [5.41, 5.74) is 4.65. The van der Waals surface area contributed by atoms with Gasteiger partial charge in [-0.2, -0.15) is 0 Å². The molecule has 7 nitrogen and oxygen atoms in total. The Balaban J connectivity index is 1.81. The van der Waals surface area contributed by atoms with Crippen LogP contribution in [0.4, 0.5) is 4.39 Å². The maximum atomic E-state index is 12.8. The minimum absolute atomic E-state index is 0.165. The lowest BCUT2D eigenvalue weighted by atomic mass is 10.2. The van der Waals surface area contributed by atoms with Crippen LogP contribution >= 0.6 is 11.8 Å². The van der Waals surface area contributed by atoms with Crippen molar-refractivity contribution in [1.29, 1.82) is 0 Å². The molecule has 9 heteroatoms. The van der Waals surface area contributed by atoms with Crippen LogP contribution in [0.3, 0.4) is 0 Å². The van der Waals surface area contributed by atoms with Crippen molar-refractivity contribution in [3.8, 4) is 0 Å². The summed E-state index contributed by atoms with van der Waals surface area (Å²) >= 11 is 1.27. The van der Waals surface area contributed by atoms with Gasteiger partial charge in [0.1, 0.15) is 10.8 Å². The third-order valence-electron chi connectivity index (χ3n) is 2.94. The smallest absolute Gasteiger partial charge is 0.341 e. The number of amides is 2. The fourth-order valence-corrected chi connectivity index (χ4v) is 2.29. The Bertz CT molecular complexity index is 783. The Hall–Kier alpha value is -2.94. The van der Waals surface area contributed by atoms with Gasteiger partial charge in [0.15, 0.2) is 6.61 Å². The van der Waals surface area contributed by atoms with Gasteiger partial charge in [0.05, 0.1) is 5.56 Å². The Morgan fingerprint density at radius 1 is 1.16 bits per heavy atom. The van der Waals surface area contributed by atoms with Gasteiger partial charge in [-0.1, -0.05) is 0 Å². The predicted molar refractivity (Wildman–Crippen MR) is 88.3 cm³/mol. The highest BCUT2D eigenvalue weighted by molar-refractivity contribution is 7.98. The van der Waals surface area contributed by atoms with Crippen LogP contribution in [0, 0.1) is 5.82 Å². The van der Waals surface area contributed by atoms with Crippen molar-refractivity contribution in [3.63, 3.8) is 0 Å². The normalized spacial score (nSPS) is 10.0. The van der Waals surface area contributed by atoms with E-state index in [2.05, 4.69) is 15.8 Å². The third kappa shape index (κ3) is 5.28.